The quantitative estimate of drug-likeness (QED) is 0.244. The van der Waals surface area contributed by atoms with E-state index in [0.717, 1.165) is 0 Å². The number of hydrogen-bond donors (Lipinski definition) is 0. The fourth-order valence-corrected chi connectivity index (χ4v) is 4.99. The van der Waals surface area contributed by atoms with Gasteiger partial charge in [-0.1, -0.05) is 26.8 Å². The maximum atomic E-state index is 2.50. The van der Waals surface area contributed by atoms with Crippen molar-refractivity contribution in [2.75, 3.05) is 18.0 Å². The summed E-state index contributed by atoms with van der Waals surface area (Å²) in [7, 11) is 0. The van der Waals surface area contributed by atoms with Gasteiger partial charge in [-0.25, -0.2) is 0 Å². The summed E-state index contributed by atoms with van der Waals surface area (Å²) in [6, 6.07) is 22.9. The highest BCUT2D eigenvalue weighted by atomic mass is 127. The van der Waals surface area contributed by atoms with Crippen LogP contribution >= 0.6 is 0 Å². The Kier molecular flexibility index (Phi) is 4.88. The second-order valence-electron chi connectivity index (χ2n) is 9.75. The lowest BCUT2D eigenvalue weighted by atomic mass is 9.86. The van der Waals surface area contributed by atoms with E-state index in [1.165, 1.54) is 70.2 Å². The van der Waals surface area contributed by atoms with Crippen LogP contribution < -0.4 is 33.3 Å². The lowest BCUT2D eigenvalue weighted by molar-refractivity contribution is -0.479. The topological polar surface area (TPSA) is 11.8 Å². The zero-order valence-electron chi connectivity index (χ0n) is 18.4. The van der Waals surface area contributed by atoms with Crippen LogP contribution in [0.15, 0.2) is 66.9 Å². The van der Waals surface area contributed by atoms with Gasteiger partial charge in [0.2, 0.25) is 0 Å². The molecule has 31 heavy (non-hydrogen) atoms. The molecule has 158 valence electrons. The van der Waals surface area contributed by atoms with E-state index in [1.807, 2.05) is 0 Å². The monoisotopic (exact) mass is 521 g/mol. The Hall–Kier alpha value is -2.34. The molecule has 0 N–H and O–H groups in total. The van der Waals surface area contributed by atoms with Crippen molar-refractivity contribution in [3.05, 3.63) is 72.4 Å². The fraction of sp³-hybridized carbons (Fsp3) is 0.296. The van der Waals surface area contributed by atoms with Crippen molar-refractivity contribution in [3.8, 4) is 0 Å². The summed E-state index contributed by atoms with van der Waals surface area (Å²) in [5, 5.41) is 2.59. The van der Waals surface area contributed by atoms with E-state index in [1.54, 1.807) is 0 Å². The second-order valence-corrected chi connectivity index (χ2v) is 9.75. The molecule has 0 atom stereocenters. The van der Waals surface area contributed by atoms with Crippen LogP contribution in [0.2, 0.25) is 0 Å². The average Bonchev–Trinajstić information content (AvgIpc) is 3.40. The van der Waals surface area contributed by atoms with Crippen molar-refractivity contribution in [2.45, 2.75) is 39.0 Å². The first kappa shape index (κ1) is 20.6. The molecule has 0 spiro atoms. The van der Waals surface area contributed by atoms with E-state index in [2.05, 4.69) is 101 Å². The second kappa shape index (κ2) is 7.37. The van der Waals surface area contributed by atoms with E-state index < -0.39 is 0 Å². The molecule has 2 aromatic carbocycles. The zero-order chi connectivity index (χ0) is 20.5. The van der Waals surface area contributed by atoms with Crippen molar-refractivity contribution in [1.29, 1.82) is 0 Å². The molecule has 1 fully saturated rings. The van der Waals surface area contributed by atoms with Gasteiger partial charge in [-0.05, 0) is 72.4 Å². The number of aromatic nitrogens is 2. The molecule has 1 aliphatic heterocycles. The minimum atomic E-state index is 0. The van der Waals surface area contributed by atoms with Crippen LogP contribution in [0.25, 0.3) is 33.0 Å². The molecule has 0 amide bonds. The van der Waals surface area contributed by atoms with Gasteiger partial charge in [0.15, 0.2) is 5.52 Å². The number of imidazole rings is 1. The van der Waals surface area contributed by atoms with Gasteiger partial charge in [0.05, 0.1) is 0 Å². The molecule has 3 nitrogen and oxygen atoms in total. The molecule has 0 aliphatic carbocycles. The molecule has 1 saturated heterocycles. The Labute approximate surface area is 200 Å². The van der Waals surface area contributed by atoms with E-state index >= 15 is 0 Å². The maximum absolute atomic E-state index is 2.50. The van der Waals surface area contributed by atoms with Gasteiger partial charge in [0.1, 0.15) is 17.2 Å². The summed E-state index contributed by atoms with van der Waals surface area (Å²) < 4.78 is 4.73. The predicted octanol–water partition coefficient (Wildman–Crippen LogP) is 2.89. The third-order valence-electron chi connectivity index (χ3n) is 6.72. The van der Waals surface area contributed by atoms with Crippen molar-refractivity contribution < 1.29 is 28.4 Å². The van der Waals surface area contributed by atoms with Crippen LogP contribution in [0, 0.1) is 0 Å². The Bertz CT molecular complexity index is 1440. The molecular formula is C27H28IN3. The van der Waals surface area contributed by atoms with Gasteiger partial charge < -0.3 is 28.9 Å². The normalized spacial score (nSPS) is 14.7. The molecule has 1 aliphatic rings. The van der Waals surface area contributed by atoms with Gasteiger partial charge in [-0.3, -0.25) is 0 Å². The maximum Gasteiger partial charge on any atom is 0.292 e. The highest BCUT2D eigenvalue weighted by Crippen LogP contribution is 2.29. The largest absolute Gasteiger partial charge is 1.00 e. The smallest absolute Gasteiger partial charge is 0.292 e. The first-order valence-corrected chi connectivity index (χ1v) is 11.1. The summed E-state index contributed by atoms with van der Waals surface area (Å²) in [6.07, 6.45) is 4.88. The van der Waals surface area contributed by atoms with Crippen LogP contribution in [0.3, 0.4) is 0 Å². The van der Waals surface area contributed by atoms with Crippen LogP contribution in [-0.2, 0) is 5.41 Å². The highest BCUT2D eigenvalue weighted by Gasteiger charge is 2.20. The summed E-state index contributed by atoms with van der Waals surface area (Å²) >= 11 is 0. The van der Waals surface area contributed by atoms with Crippen LogP contribution in [0.1, 0.15) is 39.2 Å². The summed E-state index contributed by atoms with van der Waals surface area (Å²) in [4.78, 5) is 2.50. The first-order valence-electron chi connectivity index (χ1n) is 11.1. The molecule has 5 aromatic rings. The number of anilines is 1. The molecule has 3 aromatic heterocycles. The number of pyridine rings is 2. The number of rotatable bonds is 1. The molecule has 6 rings (SSSR count). The molecule has 0 radical (unpaired) electrons. The lowest BCUT2D eigenvalue weighted by Crippen LogP contribution is -3.00. The number of halogens is 1. The van der Waals surface area contributed by atoms with E-state index in [4.69, 9.17) is 0 Å². The van der Waals surface area contributed by atoms with Crippen LogP contribution in [0.5, 0.6) is 0 Å². The van der Waals surface area contributed by atoms with Gasteiger partial charge in [0, 0.05) is 35.6 Å². The average molecular weight is 521 g/mol. The first-order chi connectivity index (χ1) is 14.5. The van der Waals surface area contributed by atoms with Gasteiger partial charge >= 0.3 is 0 Å². The molecule has 0 unspecified atom stereocenters. The van der Waals surface area contributed by atoms with Crippen LogP contribution in [-0.4, -0.2) is 17.5 Å². The summed E-state index contributed by atoms with van der Waals surface area (Å²) in [5.41, 5.74) is 7.83. The van der Waals surface area contributed by atoms with Crippen molar-refractivity contribution in [1.82, 2.24) is 4.40 Å². The molecule has 4 heterocycles. The molecule has 0 saturated carbocycles. The van der Waals surface area contributed by atoms with E-state index in [0.29, 0.717) is 0 Å². The van der Waals surface area contributed by atoms with Gasteiger partial charge in [-0.2, -0.15) is 8.80 Å². The third-order valence-corrected chi connectivity index (χ3v) is 6.72. The molecule has 0 bridgehead atoms. The molecule has 4 heteroatoms. The lowest BCUT2D eigenvalue weighted by Gasteiger charge is -2.19. The predicted molar refractivity (Wildman–Crippen MR) is 126 cm³/mol. The number of benzene rings is 2. The Morgan fingerprint density at radius 1 is 0.806 bits per heavy atom. The number of fused-ring (bicyclic) bond motifs is 7. The Morgan fingerprint density at radius 2 is 1.58 bits per heavy atom. The van der Waals surface area contributed by atoms with Crippen molar-refractivity contribution >= 4 is 38.7 Å². The fourth-order valence-electron chi connectivity index (χ4n) is 4.99. The van der Waals surface area contributed by atoms with Crippen molar-refractivity contribution in [2.24, 2.45) is 0 Å². The van der Waals surface area contributed by atoms with Crippen LogP contribution in [0.4, 0.5) is 5.69 Å². The summed E-state index contributed by atoms with van der Waals surface area (Å²) in [5.74, 6) is 0. The van der Waals surface area contributed by atoms with Crippen molar-refractivity contribution in [3.63, 3.8) is 0 Å². The Morgan fingerprint density at radius 3 is 2.35 bits per heavy atom. The minimum absolute atomic E-state index is 0. The van der Waals surface area contributed by atoms with E-state index in [-0.39, 0.29) is 29.4 Å². The zero-order valence-corrected chi connectivity index (χ0v) is 20.6. The van der Waals surface area contributed by atoms with Gasteiger partial charge in [-0.15, -0.1) is 0 Å². The van der Waals surface area contributed by atoms with E-state index in [9.17, 15) is 0 Å². The molecular weight excluding hydrogens is 493 g/mol. The summed E-state index contributed by atoms with van der Waals surface area (Å²) in [6.45, 7) is 9.18. The Balaban J connectivity index is 0.00000204. The standard InChI is InChI=1S/C27H28N3.HI/c1-27(2,3)21-8-11-25-19(16-21)6-9-23-18-29-24-12-10-22(28-14-4-5-15-28)17-20(24)7-13-26(29)30(23)25;/h6-13,16-18H,4-5,14-15H2,1-3H3;1H/q+1;/p-1. The minimum Gasteiger partial charge on any atom is -1.00 e. The number of nitrogens with zero attached hydrogens (tertiary/aromatic N) is 3. The van der Waals surface area contributed by atoms with Gasteiger partial charge in [0.25, 0.3) is 5.65 Å². The highest BCUT2D eigenvalue weighted by molar-refractivity contribution is 5.87. The SMILES string of the molecule is CC(C)(C)c1ccc2c(ccc3c[n+]4c5ccc(N6CCCC6)cc5ccc4n32)c1.[I-]. The third kappa shape index (κ3) is 3.27. The number of hydrogen-bond acceptors (Lipinski definition) is 1.